The normalized spacial score (nSPS) is 13.0. The Balaban J connectivity index is 2.67. The molecule has 1 N–H and O–H groups in total. The highest BCUT2D eigenvalue weighted by molar-refractivity contribution is 9.10. The Labute approximate surface area is 102 Å². The van der Waals surface area contributed by atoms with Gasteiger partial charge in [0.05, 0.1) is 17.8 Å². The van der Waals surface area contributed by atoms with E-state index >= 15 is 0 Å². The summed E-state index contributed by atoms with van der Waals surface area (Å²) >= 11 is 3.42. The average molecular weight is 277 g/mol. The van der Waals surface area contributed by atoms with Gasteiger partial charge in [-0.15, -0.1) is 12.3 Å². The summed E-state index contributed by atoms with van der Waals surface area (Å²) in [6.07, 6.45) is 8.96. The molecular formula is C12H9BrN2O. The second-order valence-electron chi connectivity index (χ2n) is 3.32. The molecule has 0 aromatic heterocycles. The van der Waals surface area contributed by atoms with E-state index < -0.39 is 0 Å². The van der Waals surface area contributed by atoms with Crippen molar-refractivity contribution in [1.82, 2.24) is 0 Å². The van der Waals surface area contributed by atoms with Crippen molar-refractivity contribution in [3.05, 3.63) is 21.7 Å². The fourth-order valence-corrected chi connectivity index (χ4v) is 2.12. The Morgan fingerprint density at radius 1 is 1.56 bits per heavy atom. The molecule has 0 unspecified atom stereocenters. The third-order valence-corrected chi connectivity index (χ3v) is 2.87. The van der Waals surface area contributed by atoms with Gasteiger partial charge in [-0.2, -0.15) is 0 Å². The standard InChI is InChI=1S/C12H9BrN2O/c1-2-3-8-6-10(13)11-9(12(8)16)7-14-4-5-15-11/h1,5-7,16H,3-4H2. The van der Waals surface area contributed by atoms with Crippen LogP contribution in [0.3, 0.4) is 0 Å². The summed E-state index contributed by atoms with van der Waals surface area (Å²) in [7, 11) is 0. The van der Waals surface area contributed by atoms with Gasteiger partial charge in [-0.3, -0.25) is 9.98 Å². The lowest BCUT2D eigenvalue weighted by Crippen LogP contribution is -1.91. The molecule has 1 aromatic rings. The molecule has 3 nitrogen and oxygen atoms in total. The maximum absolute atomic E-state index is 10.0. The summed E-state index contributed by atoms with van der Waals surface area (Å²) in [5, 5.41) is 10.0. The first-order valence-corrected chi connectivity index (χ1v) is 5.53. The van der Waals surface area contributed by atoms with Crippen LogP contribution in [0.25, 0.3) is 0 Å². The van der Waals surface area contributed by atoms with Crippen LogP contribution in [0.5, 0.6) is 5.75 Å². The zero-order valence-electron chi connectivity index (χ0n) is 8.44. The van der Waals surface area contributed by atoms with E-state index in [-0.39, 0.29) is 5.75 Å². The van der Waals surface area contributed by atoms with Crippen LogP contribution in [0.2, 0.25) is 0 Å². The number of aliphatic imine (C=N–C) groups is 2. The number of halogens is 1. The van der Waals surface area contributed by atoms with Gasteiger partial charge in [0.15, 0.2) is 0 Å². The monoisotopic (exact) mass is 276 g/mol. The molecule has 4 heteroatoms. The highest BCUT2D eigenvalue weighted by Gasteiger charge is 2.15. The SMILES string of the molecule is C#CCc1cc(Br)c2c(c1O)C=NCC=N2. The smallest absolute Gasteiger partial charge is 0.130 e. The van der Waals surface area contributed by atoms with E-state index in [0.29, 0.717) is 29.8 Å². The summed E-state index contributed by atoms with van der Waals surface area (Å²) in [6, 6.07) is 1.80. The number of nitrogens with zero attached hydrogens (tertiary/aromatic N) is 2. The fraction of sp³-hybridized carbons (Fsp3) is 0.167. The van der Waals surface area contributed by atoms with Gasteiger partial charge in [0, 0.05) is 28.9 Å². The van der Waals surface area contributed by atoms with E-state index in [9.17, 15) is 5.11 Å². The Hall–Kier alpha value is -1.60. The van der Waals surface area contributed by atoms with Crippen LogP contribution < -0.4 is 0 Å². The van der Waals surface area contributed by atoms with E-state index in [1.807, 2.05) is 0 Å². The van der Waals surface area contributed by atoms with Gasteiger partial charge < -0.3 is 5.11 Å². The van der Waals surface area contributed by atoms with Crippen molar-refractivity contribution in [1.29, 1.82) is 0 Å². The molecule has 0 fully saturated rings. The molecule has 16 heavy (non-hydrogen) atoms. The van der Waals surface area contributed by atoms with Gasteiger partial charge in [0.2, 0.25) is 0 Å². The maximum atomic E-state index is 10.0. The Kier molecular flexibility index (Phi) is 3.07. The summed E-state index contributed by atoms with van der Waals surface area (Å²) in [5.74, 6) is 2.68. The van der Waals surface area contributed by atoms with Crippen molar-refractivity contribution in [2.24, 2.45) is 9.98 Å². The summed E-state index contributed by atoms with van der Waals surface area (Å²) in [4.78, 5) is 8.35. The summed E-state index contributed by atoms with van der Waals surface area (Å²) in [6.45, 7) is 0.519. The van der Waals surface area contributed by atoms with Crippen LogP contribution in [0.1, 0.15) is 11.1 Å². The van der Waals surface area contributed by atoms with Crippen LogP contribution in [0, 0.1) is 12.3 Å². The number of aromatic hydroxyl groups is 1. The Bertz CT molecular complexity index is 527. The molecule has 0 spiro atoms. The largest absolute Gasteiger partial charge is 0.507 e. The highest BCUT2D eigenvalue weighted by atomic mass is 79.9. The second kappa shape index (κ2) is 4.50. The van der Waals surface area contributed by atoms with E-state index in [1.54, 1.807) is 18.5 Å². The van der Waals surface area contributed by atoms with Gasteiger partial charge in [-0.25, -0.2) is 0 Å². The quantitative estimate of drug-likeness (QED) is 0.787. The minimum Gasteiger partial charge on any atom is -0.507 e. The van der Waals surface area contributed by atoms with Crippen LogP contribution >= 0.6 is 15.9 Å². The van der Waals surface area contributed by atoms with Crippen LogP contribution in [-0.2, 0) is 6.42 Å². The van der Waals surface area contributed by atoms with Crippen molar-refractivity contribution in [3.8, 4) is 18.1 Å². The third kappa shape index (κ3) is 1.86. The predicted octanol–water partition coefficient (Wildman–Crippen LogP) is 2.47. The van der Waals surface area contributed by atoms with Crippen molar-refractivity contribution in [2.45, 2.75) is 6.42 Å². The van der Waals surface area contributed by atoms with Gasteiger partial charge in [0.25, 0.3) is 0 Å². The number of hydrogen-bond donors (Lipinski definition) is 1. The molecule has 0 atom stereocenters. The highest BCUT2D eigenvalue weighted by Crippen LogP contribution is 2.37. The minimum absolute atomic E-state index is 0.166. The molecule has 0 radical (unpaired) electrons. The number of phenols is 1. The van der Waals surface area contributed by atoms with Crippen molar-refractivity contribution >= 4 is 34.0 Å². The average Bonchev–Trinajstić information content (AvgIpc) is 2.51. The van der Waals surface area contributed by atoms with E-state index in [0.717, 1.165) is 4.47 Å². The van der Waals surface area contributed by atoms with Crippen molar-refractivity contribution < 1.29 is 5.11 Å². The van der Waals surface area contributed by atoms with Gasteiger partial charge in [-0.1, -0.05) is 0 Å². The number of terminal acetylenes is 1. The molecule has 0 saturated carbocycles. The number of benzene rings is 1. The number of rotatable bonds is 1. The first-order valence-electron chi connectivity index (χ1n) is 4.74. The van der Waals surface area contributed by atoms with Crippen LogP contribution in [0.15, 0.2) is 20.5 Å². The van der Waals surface area contributed by atoms with E-state index in [2.05, 4.69) is 31.8 Å². The molecule has 0 aliphatic carbocycles. The Morgan fingerprint density at radius 3 is 3.12 bits per heavy atom. The van der Waals surface area contributed by atoms with E-state index in [1.165, 1.54) is 0 Å². The summed E-state index contributed by atoms with van der Waals surface area (Å²) in [5.41, 5.74) is 2.02. The molecule has 1 aliphatic rings. The van der Waals surface area contributed by atoms with Crippen LogP contribution in [-0.4, -0.2) is 24.1 Å². The third-order valence-electron chi connectivity index (χ3n) is 2.26. The maximum Gasteiger partial charge on any atom is 0.130 e. The predicted molar refractivity (Wildman–Crippen MR) is 69.0 cm³/mol. The van der Waals surface area contributed by atoms with Gasteiger partial charge in [-0.05, 0) is 22.0 Å². The first kappa shape index (κ1) is 10.9. The topological polar surface area (TPSA) is 45.0 Å². The molecule has 1 aromatic carbocycles. The molecule has 1 aliphatic heterocycles. The minimum atomic E-state index is 0.166. The van der Waals surface area contributed by atoms with Gasteiger partial charge >= 0.3 is 0 Å². The zero-order valence-corrected chi connectivity index (χ0v) is 10.0. The lowest BCUT2D eigenvalue weighted by atomic mass is 10.1. The number of hydrogen-bond acceptors (Lipinski definition) is 3. The zero-order chi connectivity index (χ0) is 11.5. The molecule has 1 heterocycles. The molecule has 0 bridgehead atoms. The second-order valence-corrected chi connectivity index (χ2v) is 4.17. The summed E-state index contributed by atoms with van der Waals surface area (Å²) < 4.78 is 0.815. The molecule has 2 rings (SSSR count). The number of fused-ring (bicyclic) bond motifs is 1. The van der Waals surface area contributed by atoms with Crippen molar-refractivity contribution in [3.63, 3.8) is 0 Å². The Morgan fingerprint density at radius 2 is 2.38 bits per heavy atom. The molecule has 0 saturated heterocycles. The first-order chi connectivity index (χ1) is 7.74. The lowest BCUT2D eigenvalue weighted by Gasteiger charge is -2.09. The fourth-order valence-electron chi connectivity index (χ4n) is 1.52. The lowest BCUT2D eigenvalue weighted by molar-refractivity contribution is 0.469. The van der Waals surface area contributed by atoms with E-state index in [4.69, 9.17) is 6.42 Å². The molecule has 0 amide bonds. The van der Waals surface area contributed by atoms with Gasteiger partial charge in [0.1, 0.15) is 5.75 Å². The van der Waals surface area contributed by atoms with Crippen LogP contribution in [0.4, 0.5) is 5.69 Å². The molecule has 80 valence electrons. The van der Waals surface area contributed by atoms with Crippen molar-refractivity contribution in [2.75, 3.05) is 6.54 Å². The molecular weight excluding hydrogens is 268 g/mol. The number of phenolic OH excluding ortho intramolecular Hbond substituents is 1.